The largest absolute Gasteiger partial charge is 0.310 e. The van der Waals surface area contributed by atoms with Gasteiger partial charge in [0.2, 0.25) is 0 Å². The Labute approximate surface area is 130 Å². The summed E-state index contributed by atoms with van der Waals surface area (Å²) in [6.07, 6.45) is 5.76. The number of rotatable bonds is 8. The Balaban J connectivity index is 1.90. The third kappa shape index (κ3) is 5.12. The first-order valence-corrected chi connectivity index (χ1v) is 8.67. The average molecular weight is 288 g/mol. The fourth-order valence-electron chi connectivity index (χ4n) is 3.83. The van der Waals surface area contributed by atoms with Gasteiger partial charge in [-0.1, -0.05) is 57.0 Å². The Hall–Kier alpha value is -0.860. The number of nitrogens with one attached hydrogen (secondary N) is 1. The lowest BCUT2D eigenvalue weighted by molar-refractivity contribution is 0.219. The van der Waals surface area contributed by atoms with Crippen molar-refractivity contribution in [3.8, 4) is 0 Å². The molecule has 2 heteroatoms. The minimum absolute atomic E-state index is 0.460. The summed E-state index contributed by atoms with van der Waals surface area (Å²) in [6, 6.07) is 11.4. The van der Waals surface area contributed by atoms with E-state index in [1.807, 2.05) is 0 Å². The van der Waals surface area contributed by atoms with E-state index in [1.54, 1.807) is 0 Å². The summed E-state index contributed by atoms with van der Waals surface area (Å²) in [5.41, 5.74) is 1.42. The van der Waals surface area contributed by atoms with Crippen molar-refractivity contribution in [2.75, 3.05) is 26.7 Å². The van der Waals surface area contributed by atoms with Gasteiger partial charge in [0.05, 0.1) is 0 Å². The van der Waals surface area contributed by atoms with Crippen molar-refractivity contribution in [1.82, 2.24) is 10.2 Å². The molecule has 1 aliphatic carbocycles. The Morgan fingerprint density at radius 3 is 2.48 bits per heavy atom. The van der Waals surface area contributed by atoms with Crippen LogP contribution in [-0.4, -0.2) is 31.6 Å². The van der Waals surface area contributed by atoms with Crippen LogP contribution in [0.15, 0.2) is 30.3 Å². The van der Waals surface area contributed by atoms with E-state index in [2.05, 4.69) is 61.4 Å². The van der Waals surface area contributed by atoms with Gasteiger partial charge in [-0.25, -0.2) is 0 Å². The van der Waals surface area contributed by atoms with E-state index in [9.17, 15) is 0 Å². The molecular formula is C19H32N2. The lowest BCUT2D eigenvalue weighted by Gasteiger charge is -2.30. The van der Waals surface area contributed by atoms with Gasteiger partial charge in [0, 0.05) is 19.1 Å². The smallest absolute Gasteiger partial charge is 0.0358 e. The molecule has 1 fully saturated rings. The van der Waals surface area contributed by atoms with Gasteiger partial charge in [-0.05, 0) is 43.8 Å². The molecule has 118 valence electrons. The van der Waals surface area contributed by atoms with E-state index in [1.165, 1.54) is 44.3 Å². The third-order valence-corrected chi connectivity index (χ3v) is 4.80. The molecule has 2 rings (SSSR count). The van der Waals surface area contributed by atoms with Crippen LogP contribution in [0.4, 0.5) is 0 Å². The van der Waals surface area contributed by atoms with E-state index in [0.717, 1.165) is 12.5 Å². The van der Waals surface area contributed by atoms with Crippen LogP contribution in [0.5, 0.6) is 0 Å². The zero-order chi connectivity index (χ0) is 15.1. The van der Waals surface area contributed by atoms with Gasteiger partial charge < -0.3 is 10.2 Å². The molecule has 1 aromatic rings. The van der Waals surface area contributed by atoms with Crippen LogP contribution in [0, 0.1) is 11.8 Å². The van der Waals surface area contributed by atoms with Gasteiger partial charge in [0.25, 0.3) is 0 Å². The zero-order valence-corrected chi connectivity index (χ0v) is 14.0. The maximum absolute atomic E-state index is 3.67. The van der Waals surface area contributed by atoms with Gasteiger partial charge >= 0.3 is 0 Å². The van der Waals surface area contributed by atoms with E-state index in [0.29, 0.717) is 12.0 Å². The Kier molecular flexibility index (Phi) is 6.72. The van der Waals surface area contributed by atoms with E-state index >= 15 is 0 Å². The molecule has 0 aliphatic heterocycles. The lowest BCUT2D eigenvalue weighted by Crippen LogP contribution is -2.36. The minimum atomic E-state index is 0.460. The van der Waals surface area contributed by atoms with Crippen LogP contribution in [0.2, 0.25) is 0 Å². The molecule has 0 spiro atoms. The first-order chi connectivity index (χ1) is 10.2. The Morgan fingerprint density at radius 1 is 1.19 bits per heavy atom. The van der Waals surface area contributed by atoms with E-state index in [-0.39, 0.29) is 0 Å². The highest BCUT2D eigenvalue weighted by atomic mass is 15.1. The standard InChI is InChI=1S/C19H32N2/c1-4-20-19(18-12-6-5-7-13-18)16(2)14-21(3)15-17-10-8-9-11-17/h5-7,12-13,16-17,19-20H,4,8-11,14-15H2,1-3H3. The topological polar surface area (TPSA) is 15.3 Å². The van der Waals surface area contributed by atoms with E-state index in [4.69, 9.17) is 0 Å². The molecule has 1 N–H and O–H groups in total. The lowest BCUT2D eigenvalue weighted by atomic mass is 9.93. The summed E-state index contributed by atoms with van der Waals surface area (Å²) in [4.78, 5) is 2.55. The Morgan fingerprint density at radius 2 is 1.86 bits per heavy atom. The second-order valence-corrected chi connectivity index (χ2v) is 6.80. The quantitative estimate of drug-likeness (QED) is 0.775. The Bertz CT molecular complexity index is 384. The predicted octanol–water partition coefficient (Wildman–Crippen LogP) is 4.10. The molecule has 0 radical (unpaired) electrons. The van der Waals surface area contributed by atoms with Gasteiger partial charge in [-0.3, -0.25) is 0 Å². The van der Waals surface area contributed by atoms with Crippen LogP contribution in [0.3, 0.4) is 0 Å². The fraction of sp³-hybridized carbons (Fsp3) is 0.684. The summed E-state index contributed by atoms with van der Waals surface area (Å²) in [5.74, 6) is 1.57. The van der Waals surface area contributed by atoms with Crippen molar-refractivity contribution in [2.45, 2.75) is 45.6 Å². The third-order valence-electron chi connectivity index (χ3n) is 4.80. The van der Waals surface area contributed by atoms with Crippen molar-refractivity contribution in [1.29, 1.82) is 0 Å². The van der Waals surface area contributed by atoms with Crippen molar-refractivity contribution in [3.63, 3.8) is 0 Å². The molecule has 0 bridgehead atoms. The van der Waals surface area contributed by atoms with Crippen LogP contribution in [0.1, 0.15) is 51.1 Å². The van der Waals surface area contributed by atoms with Gasteiger partial charge in [-0.15, -0.1) is 0 Å². The monoisotopic (exact) mass is 288 g/mol. The maximum atomic E-state index is 3.67. The van der Waals surface area contributed by atoms with Crippen LogP contribution in [-0.2, 0) is 0 Å². The van der Waals surface area contributed by atoms with E-state index < -0.39 is 0 Å². The minimum Gasteiger partial charge on any atom is -0.310 e. The van der Waals surface area contributed by atoms with Gasteiger partial charge in [0.15, 0.2) is 0 Å². The molecule has 0 aromatic heterocycles. The normalized spacial score (nSPS) is 19.0. The molecule has 1 aliphatic rings. The molecule has 1 aromatic carbocycles. The predicted molar refractivity (Wildman–Crippen MR) is 91.5 cm³/mol. The summed E-state index contributed by atoms with van der Waals surface area (Å²) in [6.45, 7) is 8.05. The maximum Gasteiger partial charge on any atom is 0.0358 e. The van der Waals surface area contributed by atoms with Gasteiger partial charge in [0.1, 0.15) is 0 Å². The number of hydrogen-bond donors (Lipinski definition) is 1. The average Bonchev–Trinajstić information content (AvgIpc) is 2.98. The first kappa shape index (κ1) is 16.5. The zero-order valence-electron chi connectivity index (χ0n) is 14.0. The molecule has 2 atom stereocenters. The van der Waals surface area contributed by atoms with Crippen LogP contribution < -0.4 is 5.32 Å². The van der Waals surface area contributed by atoms with Gasteiger partial charge in [-0.2, -0.15) is 0 Å². The van der Waals surface area contributed by atoms with Crippen LogP contribution >= 0.6 is 0 Å². The summed E-state index contributed by atoms with van der Waals surface area (Å²) >= 11 is 0. The number of benzene rings is 1. The first-order valence-electron chi connectivity index (χ1n) is 8.67. The molecule has 0 amide bonds. The van der Waals surface area contributed by atoms with Crippen molar-refractivity contribution in [2.24, 2.45) is 11.8 Å². The summed E-state index contributed by atoms with van der Waals surface area (Å²) < 4.78 is 0. The number of hydrogen-bond acceptors (Lipinski definition) is 2. The second kappa shape index (κ2) is 8.55. The second-order valence-electron chi connectivity index (χ2n) is 6.80. The molecule has 0 saturated heterocycles. The summed E-state index contributed by atoms with van der Waals surface area (Å²) in [5, 5.41) is 3.67. The SMILES string of the molecule is CCNC(c1ccccc1)C(C)CN(C)CC1CCCC1. The number of nitrogens with zero attached hydrogens (tertiary/aromatic N) is 1. The van der Waals surface area contributed by atoms with Crippen molar-refractivity contribution in [3.05, 3.63) is 35.9 Å². The highest BCUT2D eigenvalue weighted by Crippen LogP contribution is 2.27. The highest BCUT2D eigenvalue weighted by molar-refractivity contribution is 5.19. The molecular weight excluding hydrogens is 256 g/mol. The molecule has 2 nitrogen and oxygen atoms in total. The van der Waals surface area contributed by atoms with Crippen LogP contribution in [0.25, 0.3) is 0 Å². The molecule has 1 saturated carbocycles. The molecule has 21 heavy (non-hydrogen) atoms. The molecule has 0 heterocycles. The summed E-state index contributed by atoms with van der Waals surface area (Å²) in [7, 11) is 2.29. The van der Waals surface area contributed by atoms with Crippen molar-refractivity contribution < 1.29 is 0 Å². The molecule has 2 unspecified atom stereocenters. The highest BCUT2D eigenvalue weighted by Gasteiger charge is 2.22. The fourth-order valence-corrected chi connectivity index (χ4v) is 3.83. The van der Waals surface area contributed by atoms with Crippen molar-refractivity contribution >= 4 is 0 Å².